The van der Waals surface area contributed by atoms with Gasteiger partial charge in [-0.2, -0.15) is 0 Å². The first-order valence-electron chi connectivity index (χ1n) is 12.5. The molecule has 0 spiro atoms. The zero-order valence-electron chi connectivity index (χ0n) is 21.3. The van der Waals surface area contributed by atoms with Crippen LogP contribution >= 0.6 is 23.4 Å². The van der Waals surface area contributed by atoms with E-state index in [1.807, 2.05) is 43.3 Å². The molecule has 0 aromatic heterocycles. The monoisotopic (exact) mass is 559 g/mol. The molecule has 1 heterocycles. The molecule has 8 heteroatoms. The summed E-state index contributed by atoms with van der Waals surface area (Å²) >= 11 is 7.01. The minimum atomic E-state index is -0.359. The number of thioether (sulfide) groups is 1. The number of imide groups is 1. The Kier molecular flexibility index (Phi) is 8.39. The molecular formula is C31H26ClNO5S. The van der Waals surface area contributed by atoms with Crippen LogP contribution in [0.1, 0.15) is 18.1 Å². The van der Waals surface area contributed by atoms with Gasteiger partial charge >= 0.3 is 0 Å². The second-order valence-corrected chi connectivity index (χ2v) is 10.1. The Morgan fingerprint density at radius 1 is 0.821 bits per heavy atom. The molecular weight excluding hydrogens is 534 g/mol. The van der Waals surface area contributed by atoms with Crippen LogP contribution in [0.3, 0.4) is 0 Å². The topological polar surface area (TPSA) is 65.1 Å². The lowest BCUT2D eigenvalue weighted by atomic mass is 10.1. The molecule has 1 fully saturated rings. The van der Waals surface area contributed by atoms with Crippen molar-refractivity contribution in [2.45, 2.75) is 13.5 Å². The van der Waals surface area contributed by atoms with E-state index in [-0.39, 0.29) is 24.3 Å². The Labute approximate surface area is 236 Å². The minimum absolute atomic E-state index is 0.124. The van der Waals surface area contributed by atoms with Crippen molar-refractivity contribution in [1.82, 2.24) is 4.90 Å². The molecule has 1 aliphatic heterocycles. The number of halogens is 1. The molecule has 5 rings (SSSR count). The number of hydrogen-bond donors (Lipinski definition) is 0. The van der Waals surface area contributed by atoms with E-state index in [0.717, 1.165) is 28.3 Å². The summed E-state index contributed by atoms with van der Waals surface area (Å²) in [6.07, 6.45) is 1.69. The standard InChI is InChI=1S/C31H26ClNO5S/c1-2-36-28-18-21(12-14-27(28)38-20-22-11-13-23-7-3-4-8-24(23)17-22)19-29-30(34)33(31(35)39-29)15-16-37-26-10-6-5-9-25(26)32/h3-14,17-19H,2,15-16,20H2,1H3/b29-19-. The molecule has 1 saturated heterocycles. The van der Waals surface area contributed by atoms with Gasteiger partial charge in [-0.25, -0.2) is 0 Å². The summed E-state index contributed by atoms with van der Waals surface area (Å²) in [4.78, 5) is 27.0. The number of fused-ring (bicyclic) bond motifs is 1. The average Bonchev–Trinajstić information content (AvgIpc) is 3.21. The molecule has 4 aromatic carbocycles. The minimum Gasteiger partial charge on any atom is -0.490 e. The van der Waals surface area contributed by atoms with Crippen molar-refractivity contribution in [2.75, 3.05) is 19.8 Å². The van der Waals surface area contributed by atoms with Gasteiger partial charge in [0, 0.05) is 0 Å². The molecule has 6 nitrogen and oxygen atoms in total. The van der Waals surface area contributed by atoms with Gasteiger partial charge in [-0.15, -0.1) is 0 Å². The van der Waals surface area contributed by atoms with E-state index in [1.54, 1.807) is 30.3 Å². The van der Waals surface area contributed by atoms with Gasteiger partial charge in [0.2, 0.25) is 0 Å². The van der Waals surface area contributed by atoms with Gasteiger partial charge in [0.05, 0.1) is 23.1 Å². The third-order valence-corrected chi connectivity index (χ3v) is 7.28. The second kappa shape index (κ2) is 12.3. The molecule has 0 bridgehead atoms. The van der Waals surface area contributed by atoms with Crippen LogP contribution in [0.4, 0.5) is 4.79 Å². The zero-order valence-corrected chi connectivity index (χ0v) is 22.8. The highest BCUT2D eigenvalue weighted by molar-refractivity contribution is 8.18. The largest absolute Gasteiger partial charge is 0.490 e. The van der Waals surface area contributed by atoms with Crippen molar-refractivity contribution in [3.05, 3.63) is 106 Å². The second-order valence-electron chi connectivity index (χ2n) is 8.72. The van der Waals surface area contributed by atoms with Crippen molar-refractivity contribution >= 4 is 51.4 Å². The number of amides is 2. The Bertz CT molecular complexity index is 1550. The SMILES string of the molecule is CCOc1cc(/C=C2\SC(=O)N(CCOc3ccccc3Cl)C2=O)ccc1OCc1ccc2ccccc2c1. The maximum Gasteiger partial charge on any atom is 0.293 e. The van der Waals surface area contributed by atoms with Crippen LogP contribution in [0, 0.1) is 0 Å². The van der Waals surface area contributed by atoms with Crippen LogP contribution < -0.4 is 14.2 Å². The normalized spacial score (nSPS) is 14.3. The van der Waals surface area contributed by atoms with Crippen LogP contribution in [0.25, 0.3) is 16.8 Å². The van der Waals surface area contributed by atoms with Gasteiger partial charge in [-0.05, 0) is 77.0 Å². The lowest BCUT2D eigenvalue weighted by Gasteiger charge is -2.14. The maximum atomic E-state index is 12.9. The summed E-state index contributed by atoms with van der Waals surface area (Å²) in [7, 11) is 0. The molecule has 0 radical (unpaired) electrons. The number of benzene rings is 4. The van der Waals surface area contributed by atoms with E-state index in [4.69, 9.17) is 25.8 Å². The molecule has 198 valence electrons. The number of hydrogen-bond acceptors (Lipinski definition) is 6. The first kappa shape index (κ1) is 26.7. The number of para-hydroxylation sites is 1. The fourth-order valence-corrected chi connectivity index (χ4v) is 5.20. The Morgan fingerprint density at radius 2 is 1.62 bits per heavy atom. The summed E-state index contributed by atoms with van der Waals surface area (Å²) < 4.78 is 17.6. The van der Waals surface area contributed by atoms with Crippen LogP contribution in [0.5, 0.6) is 17.2 Å². The summed E-state index contributed by atoms with van der Waals surface area (Å²) in [6.45, 7) is 3.01. The van der Waals surface area contributed by atoms with Crippen molar-refractivity contribution < 1.29 is 23.8 Å². The van der Waals surface area contributed by atoms with Crippen molar-refractivity contribution in [3.63, 3.8) is 0 Å². The van der Waals surface area contributed by atoms with E-state index in [9.17, 15) is 9.59 Å². The lowest BCUT2D eigenvalue weighted by molar-refractivity contribution is -0.123. The number of carbonyl (C=O) groups is 2. The van der Waals surface area contributed by atoms with Gasteiger partial charge < -0.3 is 14.2 Å². The number of carbonyl (C=O) groups excluding carboxylic acids is 2. The van der Waals surface area contributed by atoms with E-state index in [1.165, 1.54) is 10.3 Å². The highest BCUT2D eigenvalue weighted by Crippen LogP contribution is 2.35. The zero-order chi connectivity index (χ0) is 27.2. The Hall–Kier alpha value is -3.94. The number of nitrogens with zero attached hydrogens (tertiary/aromatic N) is 1. The van der Waals surface area contributed by atoms with Gasteiger partial charge in [0.25, 0.3) is 11.1 Å². The first-order chi connectivity index (χ1) is 19.0. The van der Waals surface area contributed by atoms with Gasteiger partial charge in [-0.1, -0.05) is 66.2 Å². The predicted molar refractivity (Wildman–Crippen MR) is 156 cm³/mol. The molecule has 0 N–H and O–H groups in total. The van der Waals surface area contributed by atoms with Crippen LogP contribution in [-0.4, -0.2) is 35.8 Å². The quantitative estimate of drug-likeness (QED) is 0.187. The van der Waals surface area contributed by atoms with Crippen LogP contribution in [0.2, 0.25) is 5.02 Å². The third-order valence-electron chi connectivity index (χ3n) is 6.06. The molecule has 0 aliphatic carbocycles. The maximum absolute atomic E-state index is 12.9. The summed E-state index contributed by atoms with van der Waals surface area (Å²) in [5, 5.41) is 2.47. The fraction of sp³-hybridized carbons (Fsp3) is 0.161. The summed E-state index contributed by atoms with van der Waals surface area (Å²) in [6, 6.07) is 27.0. The highest BCUT2D eigenvalue weighted by Gasteiger charge is 2.34. The van der Waals surface area contributed by atoms with E-state index in [2.05, 4.69) is 24.3 Å². The van der Waals surface area contributed by atoms with E-state index < -0.39 is 0 Å². The fourth-order valence-electron chi connectivity index (χ4n) is 4.14. The predicted octanol–water partition coefficient (Wildman–Crippen LogP) is 7.59. The molecule has 39 heavy (non-hydrogen) atoms. The Morgan fingerprint density at radius 3 is 2.44 bits per heavy atom. The third kappa shape index (κ3) is 6.38. The molecule has 4 aromatic rings. The highest BCUT2D eigenvalue weighted by atomic mass is 35.5. The van der Waals surface area contributed by atoms with Gasteiger partial charge in [0.1, 0.15) is 19.0 Å². The lowest BCUT2D eigenvalue weighted by Crippen LogP contribution is -2.32. The first-order valence-corrected chi connectivity index (χ1v) is 13.7. The van der Waals surface area contributed by atoms with E-state index >= 15 is 0 Å². The van der Waals surface area contributed by atoms with Crippen molar-refractivity contribution in [2.24, 2.45) is 0 Å². The molecule has 0 saturated carbocycles. The van der Waals surface area contributed by atoms with E-state index in [0.29, 0.717) is 40.4 Å². The average molecular weight is 560 g/mol. The molecule has 1 aliphatic rings. The number of ether oxygens (including phenoxy) is 3. The summed E-state index contributed by atoms with van der Waals surface area (Å²) in [5.74, 6) is 1.32. The van der Waals surface area contributed by atoms with Gasteiger partial charge in [0.15, 0.2) is 11.5 Å². The van der Waals surface area contributed by atoms with Gasteiger partial charge in [-0.3, -0.25) is 14.5 Å². The smallest absolute Gasteiger partial charge is 0.293 e. The van der Waals surface area contributed by atoms with Crippen LogP contribution in [0.15, 0.2) is 89.8 Å². The van der Waals surface area contributed by atoms with Crippen molar-refractivity contribution in [1.29, 1.82) is 0 Å². The Balaban J connectivity index is 1.25. The molecule has 0 atom stereocenters. The summed E-state index contributed by atoms with van der Waals surface area (Å²) in [5.41, 5.74) is 1.78. The molecule has 2 amide bonds. The number of rotatable bonds is 10. The molecule has 0 unspecified atom stereocenters. The van der Waals surface area contributed by atoms with Crippen LogP contribution in [-0.2, 0) is 11.4 Å². The van der Waals surface area contributed by atoms with Crippen molar-refractivity contribution in [3.8, 4) is 17.2 Å².